The van der Waals surface area contributed by atoms with Crippen LogP contribution in [0, 0.1) is 0 Å². The van der Waals surface area contributed by atoms with Crippen molar-refractivity contribution in [3.8, 4) is 5.82 Å². The summed E-state index contributed by atoms with van der Waals surface area (Å²) in [5.74, 6) is 1.24. The summed E-state index contributed by atoms with van der Waals surface area (Å²) in [6.45, 7) is 0.729. The Hall–Kier alpha value is -1.69. The van der Waals surface area contributed by atoms with Gasteiger partial charge in [0.1, 0.15) is 5.82 Å². The van der Waals surface area contributed by atoms with Crippen LogP contribution < -0.4 is 5.69 Å². The zero-order valence-corrected chi connectivity index (χ0v) is 10.5. The summed E-state index contributed by atoms with van der Waals surface area (Å²) in [7, 11) is 0. The lowest BCUT2D eigenvalue weighted by Gasteiger charge is -1.98. The van der Waals surface area contributed by atoms with E-state index in [4.69, 9.17) is 11.6 Å². The number of rotatable bonds is 1. The largest absolute Gasteiger partial charge is 0.352 e. The van der Waals surface area contributed by atoms with Crippen LogP contribution in [0.15, 0.2) is 17.1 Å². The van der Waals surface area contributed by atoms with Crippen molar-refractivity contribution in [1.82, 2.24) is 24.3 Å². The summed E-state index contributed by atoms with van der Waals surface area (Å²) in [6, 6.07) is 1.63. The number of fused-ring (bicyclic) bond motifs is 1. The van der Waals surface area contributed by atoms with Crippen LogP contribution in [0.25, 0.3) is 5.82 Å². The minimum Gasteiger partial charge on any atom is -0.279 e. The fourth-order valence-electron chi connectivity index (χ4n) is 2.17. The highest BCUT2D eigenvalue weighted by Gasteiger charge is 2.17. The molecule has 0 saturated carbocycles. The highest BCUT2D eigenvalue weighted by Crippen LogP contribution is 2.12. The van der Waals surface area contributed by atoms with Gasteiger partial charge in [0.05, 0.1) is 0 Å². The fraction of sp³-hybridized carbons (Fsp3) is 0.455. The maximum Gasteiger partial charge on any atom is 0.352 e. The van der Waals surface area contributed by atoms with Gasteiger partial charge < -0.3 is 0 Å². The predicted molar refractivity (Wildman–Crippen MR) is 66.0 cm³/mol. The topological polar surface area (TPSA) is 65.6 Å². The summed E-state index contributed by atoms with van der Waals surface area (Å²) in [5, 5.41) is 4.45. The predicted octanol–water partition coefficient (Wildman–Crippen LogP) is 1.20. The fourth-order valence-corrected chi connectivity index (χ4v) is 2.31. The molecule has 0 spiro atoms. The van der Waals surface area contributed by atoms with Gasteiger partial charge >= 0.3 is 5.69 Å². The Morgan fingerprint density at radius 1 is 1.28 bits per heavy atom. The Bertz CT molecular complexity index is 633. The molecule has 94 valence electrons. The molecular formula is C11H12ClN5O. The van der Waals surface area contributed by atoms with Gasteiger partial charge in [-0.05, 0) is 24.4 Å². The van der Waals surface area contributed by atoms with E-state index >= 15 is 0 Å². The van der Waals surface area contributed by atoms with E-state index in [2.05, 4.69) is 15.1 Å². The van der Waals surface area contributed by atoms with Gasteiger partial charge in [-0.25, -0.2) is 9.78 Å². The molecule has 0 aromatic carbocycles. The van der Waals surface area contributed by atoms with Crippen molar-refractivity contribution >= 4 is 11.6 Å². The molecule has 0 atom stereocenters. The van der Waals surface area contributed by atoms with E-state index in [0.29, 0.717) is 5.82 Å². The van der Waals surface area contributed by atoms with Crippen molar-refractivity contribution in [2.45, 2.75) is 32.2 Å². The molecule has 0 saturated heterocycles. The van der Waals surface area contributed by atoms with Crippen molar-refractivity contribution < 1.29 is 0 Å². The molecule has 1 aliphatic heterocycles. The minimum atomic E-state index is -0.151. The van der Waals surface area contributed by atoms with Crippen LogP contribution in [0.5, 0.6) is 0 Å². The second kappa shape index (κ2) is 4.53. The third-order valence-electron chi connectivity index (χ3n) is 3.05. The molecule has 0 fully saturated rings. The number of aromatic nitrogens is 5. The summed E-state index contributed by atoms with van der Waals surface area (Å²) in [5.41, 5.74) is -0.151. The van der Waals surface area contributed by atoms with Crippen LogP contribution >= 0.6 is 11.6 Å². The normalized spacial score (nSPS) is 15.2. The van der Waals surface area contributed by atoms with Crippen molar-refractivity contribution in [1.29, 1.82) is 0 Å². The molecule has 18 heavy (non-hydrogen) atoms. The molecule has 3 rings (SSSR count). The number of hydrogen-bond donors (Lipinski definition) is 0. The summed E-state index contributed by atoms with van der Waals surface area (Å²) in [6.07, 6.45) is 5.58. The Balaban J connectivity index is 2.11. The molecule has 3 heterocycles. The lowest BCUT2D eigenvalue weighted by molar-refractivity contribution is 0.609. The second-order valence-electron chi connectivity index (χ2n) is 4.26. The van der Waals surface area contributed by atoms with E-state index in [1.807, 2.05) is 0 Å². The standard InChI is InChI=1S/C11H12ClN5O/c12-10-13-6-5-8(14-10)17-11(18)16-7-3-1-2-4-9(16)15-17/h5-6H,1-4,7H2. The summed E-state index contributed by atoms with van der Waals surface area (Å²) >= 11 is 5.73. The molecule has 0 bridgehead atoms. The van der Waals surface area contributed by atoms with Gasteiger partial charge in [0, 0.05) is 25.2 Å². The molecule has 6 nitrogen and oxygen atoms in total. The maximum absolute atomic E-state index is 12.2. The van der Waals surface area contributed by atoms with Crippen molar-refractivity contribution in [3.05, 3.63) is 33.9 Å². The molecule has 1 aliphatic rings. The highest BCUT2D eigenvalue weighted by molar-refractivity contribution is 6.28. The Morgan fingerprint density at radius 2 is 2.17 bits per heavy atom. The molecule has 2 aromatic rings. The summed E-state index contributed by atoms with van der Waals surface area (Å²) < 4.78 is 3.03. The van der Waals surface area contributed by atoms with Crippen molar-refractivity contribution in [3.63, 3.8) is 0 Å². The van der Waals surface area contributed by atoms with Crippen LogP contribution in [0.4, 0.5) is 0 Å². The maximum atomic E-state index is 12.2. The molecular weight excluding hydrogens is 254 g/mol. The first-order valence-corrected chi connectivity index (χ1v) is 6.31. The van der Waals surface area contributed by atoms with E-state index in [0.717, 1.165) is 38.1 Å². The van der Waals surface area contributed by atoms with Crippen LogP contribution in [0.3, 0.4) is 0 Å². The molecule has 0 aliphatic carbocycles. The van der Waals surface area contributed by atoms with Crippen molar-refractivity contribution in [2.75, 3.05) is 0 Å². The molecule has 7 heteroatoms. The molecule has 0 unspecified atom stereocenters. The first-order chi connectivity index (χ1) is 8.75. The summed E-state index contributed by atoms with van der Waals surface area (Å²) in [4.78, 5) is 20.0. The first kappa shape index (κ1) is 11.4. The van der Waals surface area contributed by atoms with Crippen LogP contribution in [-0.2, 0) is 13.0 Å². The number of aryl methyl sites for hydroxylation is 1. The Kier molecular flexibility index (Phi) is 2.87. The van der Waals surface area contributed by atoms with Gasteiger partial charge in [-0.15, -0.1) is 5.10 Å². The average Bonchev–Trinajstić information content (AvgIpc) is 2.55. The SMILES string of the molecule is O=c1n(-c2ccnc(Cl)n2)nc2n1CCCCC2. The van der Waals surface area contributed by atoms with Gasteiger partial charge in [-0.1, -0.05) is 6.42 Å². The van der Waals surface area contributed by atoms with Gasteiger partial charge in [0.2, 0.25) is 5.28 Å². The van der Waals surface area contributed by atoms with Gasteiger partial charge in [-0.3, -0.25) is 4.57 Å². The quantitative estimate of drug-likeness (QED) is 0.727. The van der Waals surface area contributed by atoms with Crippen molar-refractivity contribution in [2.24, 2.45) is 0 Å². The highest BCUT2D eigenvalue weighted by atomic mass is 35.5. The minimum absolute atomic E-state index is 0.114. The number of hydrogen-bond acceptors (Lipinski definition) is 4. The Labute approximate surface area is 108 Å². The molecule has 2 aromatic heterocycles. The van der Waals surface area contributed by atoms with E-state index < -0.39 is 0 Å². The number of halogens is 1. The van der Waals surface area contributed by atoms with E-state index in [1.165, 1.54) is 10.9 Å². The molecule has 0 amide bonds. The smallest absolute Gasteiger partial charge is 0.279 e. The average molecular weight is 266 g/mol. The zero-order chi connectivity index (χ0) is 12.5. The first-order valence-electron chi connectivity index (χ1n) is 5.93. The third kappa shape index (κ3) is 1.92. The van der Waals surface area contributed by atoms with E-state index in [-0.39, 0.29) is 11.0 Å². The van der Waals surface area contributed by atoms with Gasteiger partial charge in [-0.2, -0.15) is 9.67 Å². The zero-order valence-electron chi connectivity index (χ0n) is 9.71. The molecule has 0 radical (unpaired) electrons. The van der Waals surface area contributed by atoms with Gasteiger partial charge in [0.25, 0.3) is 0 Å². The van der Waals surface area contributed by atoms with E-state index in [9.17, 15) is 4.79 Å². The lowest BCUT2D eigenvalue weighted by atomic mass is 10.2. The van der Waals surface area contributed by atoms with Crippen LogP contribution in [0.1, 0.15) is 25.1 Å². The second-order valence-corrected chi connectivity index (χ2v) is 4.59. The monoisotopic (exact) mass is 265 g/mol. The van der Waals surface area contributed by atoms with Gasteiger partial charge in [0.15, 0.2) is 5.82 Å². The number of nitrogens with zero attached hydrogens (tertiary/aromatic N) is 5. The molecule has 0 N–H and O–H groups in total. The van der Waals surface area contributed by atoms with E-state index in [1.54, 1.807) is 10.6 Å². The third-order valence-corrected chi connectivity index (χ3v) is 3.23. The van der Waals surface area contributed by atoms with Crippen LogP contribution in [-0.4, -0.2) is 24.3 Å². The lowest BCUT2D eigenvalue weighted by Crippen LogP contribution is -2.24. The van der Waals surface area contributed by atoms with Crippen LogP contribution in [0.2, 0.25) is 5.28 Å². The Morgan fingerprint density at radius 3 is 3.00 bits per heavy atom.